The molecule has 0 radical (unpaired) electrons. The van der Waals surface area contributed by atoms with Crippen molar-refractivity contribution in [2.75, 3.05) is 33.2 Å². The zero-order valence-electron chi connectivity index (χ0n) is 18.4. The van der Waals surface area contributed by atoms with E-state index >= 15 is 0 Å². The fourth-order valence-corrected chi connectivity index (χ4v) is 4.37. The number of halogens is 3. The molecule has 2 aromatic rings. The van der Waals surface area contributed by atoms with Crippen LogP contribution in [0.25, 0.3) is 5.82 Å². The molecule has 5 heterocycles. The first-order valence-corrected chi connectivity index (χ1v) is 11.0. The van der Waals surface area contributed by atoms with Gasteiger partial charge in [-0.2, -0.15) is 18.3 Å². The topological polar surface area (TPSA) is 59.2 Å². The number of carbonyl (C=O) groups excluding carboxylic acids is 1. The molecule has 7 nitrogen and oxygen atoms in total. The molecule has 3 saturated heterocycles. The van der Waals surface area contributed by atoms with E-state index in [0.29, 0.717) is 25.1 Å². The van der Waals surface area contributed by atoms with Crippen LogP contribution in [0.5, 0.6) is 0 Å². The average Bonchev–Trinajstić information content (AvgIpc) is 3.46. The number of hydrogen-bond acceptors (Lipinski definition) is 5. The second kappa shape index (κ2) is 9.95. The van der Waals surface area contributed by atoms with Crippen molar-refractivity contribution in [1.82, 2.24) is 29.4 Å². The molecule has 0 spiro atoms. The fourth-order valence-electron chi connectivity index (χ4n) is 4.37. The first-order chi connectivity index (χ1) is 14.9. The Bertz CT molecular complexity index is 867. The zero-order valence-corrected chi connectivity index (χ0v) is 18.4. The molecule has 0 saturated carbocycles. The van der Waals surface area contributed by atoms with Gasteiger partial charge in [0.05, 0.1) is 17.5 Å². The molecule has 2 aromatic heterocycles. The largest absolute Gasteiger partial charge is 0.419 e. The van der Waals surface area contributed by atoms with Crippen molar-refractivity contribution in [3.05, 3.63) is 29.2 Å². The van der Waals surface area contributed by atoms with Gasteiger partial charge < -0.3 is 9.80 Å². The molecule has 0 unspecified atom stereocenters. The molecule has 4 aliphatic rings. The molecule has 172 valence electrons. The Kier molecular flexibility index (Phi) is 7.53. The van der Waals surface area contributed by atoms with E-state index in [1.165, 1.54) is 43.7 Å². The lowest BCUT2D eigenvalue weighted by Crippen LogP contribution is -2.35. The van der Waals surface area contributed by atoms with Gasteiger partial charge in [-0.3, -0.25) is 4.79 Å². The van der Waals surface area contributed by atoms with Gasteiger partial charge in [0.15, 0.2) is 5.82 Å². The van der Waals surface area contributed by atoms with Crippen LogP contribution in [0.3, 0.4) is 0 Å². The molecule has 6 rings (SSSR count). The van der Waals surface area contributed by atoms with Gasteiger partial charge in [-0.1, -0.05) is 13.8 Å². The quantitative estimate of drug-likeness (QED) is 0.672. The highest BCUT2D eigenvalue weighted by molar-refractivity contribution is 5.57. The Labute approximate surface area is 180 Å². The summed E-state index contributed by atoms with van der Waals surface area (Å²) in [6, 6.07) is 0.902. The maximum Gasteiger partial charge on any atom is 0.419 e. The zero-order chi connectivity index (χ0) is 22.6. The lowest BCUT2D eigenvalue weighted by atomic mass is 10.1. The van der Waals surface area contributed by atoms with Crippen LogP contribution in [-0.4, -0.2) is 75.0 Å². The molecule has 0 N–H and O–H groups in total. The summed E-state index contributed by atoms with van der Waals surface area (Å²) < 4.78 is 39.8. The maximum atomic E-state index is 12.5. The van der Waals surface area contributed by atoms with Gasteiger partial charge in [-0.15, -0.1) is 5.10 Å². The molecule has 0 aromatic carbocycles. The van der Waals surface area contributed by atoms with Gasteiger partial charge in [0.2, 0.25) is 6.41 Å². The van der Waals surface area contributed by atoms with Gasteiger partial charge >= 0.3 is 6.18 Å². The summed E-state index contributed by atoms with van der Waals surface area (Å²) in [7, 11) is 2.26. The summed E-state index contributed by atoms with van der Waals surface area (Å²) in [5.41, 5.74) is 0.720. The fraction of sp³-hybridized carbons (Fsp3) is 0.667. The monoisotopic (exact) mass is 440 g/mol. The number of alkyl halides is 3. The summed E-state index contributed by atoms with van der Waals surface area (Å²) in [5, 5.41) is 7.68. The second-order valence-corrected chi connectivity index (χ2v) is 7.88. The van der Waals surface area contributed by atoms with Crippen LogP contribution >= 0.6 is 0 Å². The lowest BCUT2D eigenvalue weighted by molar-refractivity contribution is -0.137. The molecular formula is C21H31F3N6O. The summed E-state index contributed by atoms with van der Waals surface area (Å²) in [6.45, 7) is 9.27. The number of hydrogen-bond donors (Lipinski definition) is 0. The minimum absolute atomic E-state index is 0.301. The minimum atomic E-state index is -4.44. The third-order valence-corrected chi connectivity index (χ3v) is 6.11. The number of piperidine rings is 1. The summed E-state index contributed by atoms with van der Waals surface area (Å²) in [4.78, 5) is 16.0. The third kappa shape index (κ3) is 5.17. The SMILES string of the molecule is CC.CN1CCN2CCC1CC2.O=Cn1nc(-n2cc(C(F)(F)F)cn2)c2c1CCC2. The van der Waals surface area contributed by atoms with E-state index < -0.39 is 11.7 Å². The average molecular weight is 441 g/mol. The Morgan fingerprint density at radius 1 is 1.10 bits per heavy atom. The van der Waals surface area contributed by atoms with Gasteiger partial charge in [0.25, 0.3) is 0 Å². The molecular weight excluding hydrogens is 409 g/mol. The summed E-state index contributed by atoms with van der Waals surface area (Å²) in [6.07, 6.45) is 2.82. The lowest BCUT2D eigenvalue weighted by Gasteiger charge is -2.28. The van der Waals surface area contributed by atoms with Crippen LogP contribution in [0, 0.1) is 0 Å². The van der Waals surface area contributed by atoms with E-state index in [2.05, 4.69) is 27.0 Å². The highest BCUT2D eigenvalue weighted by Crippen LogP contribution is 2.31. The van der Waals surface area contributed by atoms with Crippen molar-refractivity contribution in [2.24, 2.45) is 0 Å². The first kappa shape index (κ1) is 23.5. The highest BCUT2D eigenvalue weighted by Gasteiger charge is 2.33. The van der Waals surface area contributed by atoms with E-state index in [1.807, 2.05) is 13.8 Å². The number of nitrogens with zero attached hydrogens (tertiary/aromatic N) is 6. The van der Waals surface area contributed by atoms with Crippen molar-refractivity contribution >= 4 is 6.41 Å². The van der Waals surface area contributed by atoms with Crippen molar-refractivity contribution < 1.29 is 18.0 Å². The van der Waals surface area contributed by atoms with Crippen molar-refractivity contribution in [3.8, 4) is 5.82 Å². The molecule has 3 fully saturated rings. The van der Waals surface area contributed by atoms with Gasteiger partial charge in [0.1, 0.15) is 0 Å². The predicted molar refractivity (Wildman–Crippen MR) is 112 cm³/mol. The van der Waals surface area contributed by atoms with Gasteiger partial charge in [0, 0.05) is 30.9 Å². The minimum Gasteiger partial charge on any atom is -0.302 e. The van der Waals surface area contributed by atoms with E-state index in [0.717, 1.165) is 40.8 Å². The number of carbonyl (C=O) groups is 1. The molecule has 10 heteroatoms. The Hall–Kier alpha value is -2.20. The van der Waals surface area contributed by atoms with Crippen LogP contribution in [0.4, 0.5) is 13.2 Å². The number of aromatic nitrogens is 4. The highest BCUT2D eigenvalue weighted by atomic mass is 19.4. The smallest absolute Gasteiger partial charge is 0.302 e. The van der Waals surface area contributed by atoms with Gasteiger partial charge in [-0.05, 0) is 52.2 Å². The molecule has 0 atom stereocenters. The Balaban J connectivity index is 0.000000190. The predicted octanol–water partition coefficient (Wildman–Crippen LogP) is 3.04. The molecule has 1 aliphatic carbocycles. The summed E-state index contributed by atoms with van der Waals surface area (Å²) >= 11 is 0. The molecule has 31 heavy (non-hydrogen) atoms. The van der Waals surface area contributed by atoms with Crippen molar-refractivity contribution in [3.63, 3.8) is 0 Å². The number of rotatable bonds is 2. The Morgan fingerprint density at radius 3 is 2.42 bits per heavy atom. The van der Waals surface area contributed by atoms with Crippen molar-refractivity contribution in [1.29, 1.82) is 0 Å². The van der Waals surface area contributed by atoms with Crippen LogP contribution in [-0.2, 0) is 23.8 Å². The van der Waals surface area contributed by atoms with Gasteiger partial charge in [-0.25, -0.2) is 9.36 Å². The molecule has 3 aliphatic heterocycles. The third-order valence-electron chi connectivity index (χ3n) is 6.11. The second-order valence-electron chi connectivity index (χ2n) is 7.88. The van der Waals surface area contributed by atoms with E-state index in [9.17, 15) is 18.0 Å². The van der Waals surface area contributed by atoms with Crippen molar-refractivity contribution in [2.45, 2.75) is 58.2 Å². The maximum absolute atomic E-state index is 12.5. The molecule has 0 amide bonds. The number of likely N-dealkylation sites (N-methyl/N-ethyl adjacent to an activating group) is 1. The van der Waals surface area contributed by atoms with E-state index in [4.69, 9.17) is 0 Å². The Morgan fingerprint density at radius 2 is 1.81 bits per heavy atom. The van der Waals surface area contributed by atoms with Crippen LogP contribution < -0.4 is 0 Å². The number of fused-ring (bicyclic) bond motifs is 5. The van der Waals surface area contributed by atoms with E-state index in [-0.39, 0.29) is 0 Å². The van der Waals surface area contributed by atoms with Crippen LogP contribution in [0.15, 0.2) is 12.4 Å². The normalized spacial score (nSPS) is 22.6. The van der Waals surface area contributed by atoms with Crippen LogP contribution in [0.2, 0.25) is 0 Å². The summed E-state index contributed by atoms with van der Waals surface area (Å²) in [5.74, 6) is 0.301. The van der Waals surface area contributed by atoms with Crippen LogP contribution in [0.1, 0.15) is 49.9 Å². The molecule has 2 bridgehead atoms. The van der Waals surface area contributed by atoms with E-state index in [1.54, 1.807) is 0 Å². The standard InChI is InChI=1S/C11H9F3N4O.C8H16N2.C2H6/c12-11(13,14)7-4-15-17(5-7)10-8-2-1-3-9(8)18(6-19)16-10;1-9-6-7-10-4-2-8(9)3-5-10;1-2/h4-6H,1-3H2;8H,2-7H2,1H3;1-2H3. The first-order valence-electron chi connectivity index (χ1n) is 11.0.